The Morgan fingerprint density at radius 2 is 1.07 bits per heavy atom. The third-order valence-electron chi connectivity index (χ3n) is 8.46. The second kappa shape index (κ2) is 11.1. The zero-order chi connectivity index (χ0) is 31.0. The first-order chi connectivity index (χ1) is 22.7. The van der Waals surface area contributed by atoms with Crippen molar-refractivity contribution in [3.63, 3.8) is 0 Å². The molecule has 46 heavy (non-hydrogen) atoms. The molecule has 0 aliphatic rings. The maximum Gasteiger partial charge on any atom is 0.101 e. The SMILES string of the molecule is N#Cc1cncc(-c2cnc3cc(-c4c5ccccc5c(-c5ccc(-c6cc(C#N)ccn6)cc5)c5ccccc45)ccc3c2)c1. The Balaban J connectivity index is 1.28. The Kier molecular flexibility index (Phi) is 6.49. The van der Waals surface area contributed by atoms with Gasteiger partial charge in [-0.15, -0.1) is 0 Å². The summed E-state index contributed by atoms with van der Waals surface area (Å²) in [5.74, 6) is 0. The summed E-state index contributed by atoms with van der Waals surface area (Å²) >= 11 is 0. The first-order valence-corrected chi connectivity index (χ1v) is 14.9. The van der Waals surface area contributed by atoms with E-state index in [0.717, 1.165) is 44.4 Å². The van der Waals surface area contributed by atoms with Gasteiger partial charge in [0, 0.05) is 46.9 Å². The standard InChI is InChI=1S/C41H23N5/c42-21-26-15-16-45-38(18-26)28-9-11-29(12-10-28)40-34-5-1-3-7-36(34)41(37-8-4-2-6-35(37)40)31-14-13-30-19-33(25-46-39(30)20-31)32-17-27(22-43)23-44-24-32/h1-20,23-25H. The van der Waals surface area contributed by atoms with Crippen LogP contribution < -0.4 is 0 Å². The molecule has 5 heteroatoms. The topological polar surface area (TPSA) is 86.2 Å². The lowest BCUT2D eigenvalue weighted by molar-refractivity contribution is 1.30. The molecule has 0 unspecified atom stereocenters. The molecule has 0 fully saturated rings. The molecule has 0 saturated carbocycles. The molecule has 0 spiro atoms. The van der Waals surface area contributed by atoms with E-state index in [9.17, 15) is 10.5 Å². The Morgan fingerprint density at radius 1 is 0.457 bits per heavy atom. The summed E-state index contributed by atoms with van der Waals surface area (Å²) in [5.41, 5.74) is 10.1. The fourth-order valence-corrected chi connectivity index (χ4v) is 6.31. The molecular formula is C41H23N5. The van der Waals surface area contributed by atoms with Gasteiger partial charge in [-0.25, -0.2) is 0 Å². The van der Waals surface area contributed by atoms with Gasteiger partial charge in [0.05, 0.1) is 28.4 Å². The smallest absolute Gasteiger partial charge is 0.101 e. The fourth-order valence-electron chi connectivity index (χ4n) is 6.31. The highest BCUT2D eigenvalue weighted by Gasteiger charge is 2.17. The lowest BCUT2D eigenvalue weighted by Crippen LogP contribution is -1.92. The van der Waals surface area contributed by atoms with E-state index in [1.54, 1.807) is 24.7 Å². The van der Waals surface area contributed by atoms with Crippen LogP contribution in [0.25, 0.3) is 77.1 Å². The van der Waals surface area contributed by atoms with Gasteiger partial charge >= 0.3 is 0 Å². The summed E-state index contributed by atoms with van der Waals surface area (Å²) in [4.78, 5) is 13.5. The molecule has 0 atom stereocenters. The zero-order valence-electron chi connectivity index (χ0n) is 24.5. The van der Waals surface area contributed by atoms with Gasteiger partial charge < -0.3 is 0 Å². The van der Waals surface area contributed by atoms with Gasteiger partial charge in [-0.05, 0) is 74.1 Å². The highest BCUT2D eigenvalue weighted by atomic mass is 14.7. The van der Waals surface area contributed by atoms with E-state index in [-0.39, 0.29) is 0 Å². The van der Waals surface area contributed by atoms with Crippen molar-refractivity contribution in [1.82, 2.24) is 15.0 Å². The Morgan fingerprint density at radius 3 is 1.74 bits per heavy atom. The van der Waals surface area contributed by atoms with E-state index in [2.05, 4.69) is 119 Å². The number of nitriles is 2. The van der Waals surface area contributed by atoms with Gasteiger partial charge in [-0.3, -0.25) is 15.0 Å². The predicted molar refractivity (Wildman–Crippen MR) is 184 cm³/mol. The summed E-state index contributed by atoms with van der Waals surface area (Å²) in [6.45, 7) is 0. The number of pyridine rings is 3. The Labute approximate surface area is 265 Å². The van der Waals surface area contributed by atoms with Crippen molar-refractivity contribution >= 4 is 32.4 Å². The van der Waals surface area contributed by atoms with Crippen LogP contribution in [0, 0.1) is 22.7 Å². The molecule has 0 aliphatic heterocycles. The van der Waals surface area contributed by atoms with Crippen molar-refractivity contribution in [2.24, 2.45) is 0 Å². The maximum absolute atomic E-state index is 9.34. The lowest BCUT2D eigenvalue weighted by Gasteiger charge is -2.18. The van der Waals surface area contributed by atoms with Gasteiger partial charge in [-0.2, -0.15) is 10.5 Å². The van der Waals surface area contributed by atoms with Crippen LogP contribution in [0.5, 0.6) is 0 Å². The van der Waals surface area contributed by atoms with E-state index in [0.29, 0.717) is 11.1 Å². The van der Waals surface area contributed by atoms with E-state index in [1.807, 2.05) is 18.3 Å². The van der Waals surface area contributed by atoms with Crippen LogP contribution in [-0.4, -0.2) is 15.0 Å². The van der Waals surface area contributed by atoms with Crippen molar-refractivity contribution in [3.8, 4) is 56.8 Å². The van der Waals surface area contributed by atoms with Crippen LogP contribution in [-0.2, 0) is 0 Å². The van der Waals surface area contributed by atoms with Crippen molar-refractivity contribution in [1.29, 1.82) is 10.5 Å². The summed E-state index contributed by atoms with van der Waals surface area (Å²) in [5, 5.41) is 24.3. The zero-order valence-corrected chi connectivity index (χ0v) is 24.5. The van der Waals surface area contributed by atoms with Gasteiger partial charge in [0.1, 0.15) is 6.07 Å². The van der Waals surface area contributed by atoms with Crippen LogP contribution >= 0.6 is 0 Å². The molecule has 8 aromatic rings. The third kappa shape index (κ3) is 4.61. The van der Waals surface area contributed by atoms with Crippen LogP contribution in [0.1, 0.15) is 11.1 Å². The largest absolute Gasteiger partial charge is 0.263 e. The number of benzene rings is 5. The summed E-state index contributed by atoms with van der Waals surface area (Å²) < 4.78 is 0. The first kappa shape index (κ1) is 26.9. The average molecular weight is 586 g/mol. The van der Waals surface area contributed by atoms with Crippen molar-refractivity contribution in [2.45, 2.75) is 0 Å². The maximum atomic E-state index is 9.34. The molecule has 0 radical (unpaired) electrons. The third-order valence-corrected chi connectivity index (χ3v) is 8.46. The summed E-state index contributed by atoms with van der Waals surface area (Å²) in [6.07, 6.45) is 6.84. The van der Waals surface area contributed by atoms with Crippen LogP contribution in [0.2, 0.25) is 0 Å². The van der Waals surface area contributed by atoms with Crippen LogP contribution in [0.4, 0.5) is 0 Å². The van der Waals surface area contributed by atoms with E-state index < -0.39 is 0 Å². The molecule has 212 valence electrons. The van der Waals surface area contributed by atoms with Gasteiger partial charge in [0.15, 0.2) is 0 Å². The number of aromatic nitrogens is 3. The lowest BCUT2D eigenvalue weighted by atomic mass is 9.85. The first-order valence-electron chi connectivity index (χ1n) is 14.9. The molecule has 0 amide bonds. The minimum Gasteiger partial charge on any atom is -0.263 e. The average Bonchev–Trinajstić information content (AvgIpc) is 3.13. The minimum atomic E-state index is 0.522. The minimum absolute atomic E-state index is 0.522. The second-order valence-corrected chi connectivity index (χ2v) is 11.2. The quantitative estimate of drug-likeness (QED) is 0.192. The predicted octanol–water partition coefficient (Wildman–Crippen LogP) is 9.74. The highest BCUT2D eigenvalue weighted by molar-refractivity contribution is 6.21. The molecule has 5 aromatic carbocycles. The molecule has 0 bridgehead atoms. The Bertz CT molecular complexity index is 2500. The number of rotatable bonds is 4. The summed E-state index contributed by atoms with van der Waals surface area (Å²) in [7, 11) is 0. The second-order valence-electron chi connectivity index (χ2n) is 11.2. The van der Waals surface area contributed by atoms with Gasteiger partial charge in [0.25, 0.3) is 0 Å². The van der Waals surface area contributed by atoms with E-state index in [1.165, 1.54) is 32.7 Å². The molecule has 8 rings (SSSR count). The molecule has 0 saturated heterocycles. The molecule has 3 heterocycles. The molecule has 5 nitrogen and oxygen atoms in total. The van der Waals surface area contributed by atoms with Gasteiger partial charge in [0.2, 0.25) is 0 Å². The molecule has 0 N–H and O–H groups in total. The van der Waals surface area contributed by atoms with E-state index in [4.69, 9.17) is 4.98 Å². The Hall–Kier alpha value is -6.69. The number of fused-ring (bicyclic) bond motifs is 3. The monoisotopic (exact) mass is 585 g/mol. The van der Waals surface area contributed by atoms with Crippen LogP contribution in [0.15, 0.2) is 140 Å². The van der Waals surface area contributed by atoms with Crippen LogP contribution in [0.3, 0.4) is 0 Å². The fraction of sp³-hybridized carbons (Fsp3) is 0. The molecule has 3 aromatic heterocycles. The number of hydrogen-bond donors (Lipinski definition) is 0. The summed E-state index contributed by atoms with van der Waals surface area (Å²) in [6, 6.07) is 43.9. The van der Waals surface area contributed by atoms with Gasteiger partial charge in [-0.1, -0.05) is 84.9 Å². The molecular weight excluding hydrogens is 562 g/mol. The van der Waals surface area contributed by atoms with E-state index >= 15 is 0 Å². The van der Waals surface area contributed by atoms with Crippen molar-refractivity contribution in [2.75, 3.05) is 0 Å². The molecule has 0 aliphatic carbocycles. The number of hydrogen-bond acceptors (Lipinski definition) is 5. The number of nitrogens with zero attached hydrogens (tertiary/aromatic N) is 5. The normalized spacial score (nSPS) is 11.0. The highest BCUT2D eigenvalue weighted by Crippen LogP contribution is 2.44. The van der Waals surface area contributed by atoms with Crippen molar-refractivity contribution in [3.05, 3.63) is 151 Å². The van der Waals surface area contributed by atoms with Crippen molar-refractivity contribution < 1.29 is 0 Å².